The average molecular weight is 453 g/mol. The summed E-state index contributed by atoms with van der Waals surface area (Å²) in [6, 6.07) is 12.5. The Morgan fingerprint density at radius 3 is 2.44 bits per heavy atom. The van der Waals surface area contributed by atoms with Gasteiger partial charge in [-0.1, -0.05) is 19.9 Å². The van der Waals surface area contributed by atoms with Gasteiger partial charge in [0.1, 0.15) is 0 Å². The maximum absolute atomic E-state index is 13.2. The van der Waals surface area contributed by atoms with Gasteiger partial charge in [-0.3, -0.25) is 4.79 Å². The Hall–Kier alpha value is -3.13. The summed E-state index contributed by atoms with van der Waals surface area (Å²) in [5, 5.41) is 7.81. The number of nitrogens with zero attached hydrogens (tertiary/aromatic N) is 2. The lowest BCUT2D eigenvalue weighted by Gasteiger charge is -2.20. The number of sulfone groups is 1. The summed E-state index contributed by atoms with van der Waals surface area (Å²) in [6.07, 6.45) is 4.36. The molecule has 1 amide bonds. The van der Waals surface area contributed by atoms with E-state index >= 15 is 0 Å². The van der Waals surface area contributed by atoms with Crippen molar-refractivity contribution in [3.8, 4) is 16.9 Å². The summed E-state index contributed by atoms with van der Waals surface area (Å²) in [6.45, 7) is 4.09. The van der Waals surface area contributed by atoms with Crippen LogP contribution in [0.25, 0.3) is 16.9 Å². The first-order valence-electron chi connectivity index (χ1n) is 10.8. The second kappa shape index (κ2) is 8.43. The fourth-order valence-corrected chi connectivity index (χ4v) is 4.84. The molecule has 0 spiro atoms. The van der Waals surface area contributed by atoms with E-state index in [0.717, 1.165) is 41.6 Å². The van der Waals surface area contributed by atoms with Gasteiger partial charge in [-0.15, -0.1) is 0 Å². The molecule has 8 heteroatoms. The molecule has 2 aromatic carbocycles. The number of nitrogens with two attached hydrogens (primary N) is 1. The van der Waals surface area contributed by atoms with Crippen molar-refractivity contribution >= 4 is 21.4 Å². The summed E-state index contributed by atoms with van der Waals surface area (Å²) < 4.78 is 25.5. The third-order valence-corrected chi connectivity index (χ3v) is 7.19. The molecule has 0 saturated heterocycles. The van der Waals surface area contributed by atoms with Crippen LogP contribution in [0.5, 0.6) is 0 Å². The number of anilines is 1. The van der Waals surface area contributed by atoms with E-state index in [9.17, 15) is 13.2 Å². The molecular formula is C24H28N4O3S. The highest BCUT2D eigenvalue weighted by Crippen LogP contribution is 2.38. The number of nitrogen functional groups attached to an aromatic ring is 1. The Morgan fingerprint density at radius 2 is 1.81 bits per heavy atom. The van der Waals surface area contributed by atoms with Gasteiger partial charge in [0, 0.05) is 29.1 Å². The summed E-state index contributed by atoms with van der Waals surface area (Å²) in [4.78, 5) is 13.4. The molecular weight excluding hydrogens is 424 g/mol. The minimum absolute atomic E-state index is 0.0869. The van der Waals surface area contributed by atoms with E-state index in [1.165, 1.54) is 6.26 Å². The summed E-state index contributed by atoms with van der Waals surface area (Å²) in [7, 11) is -3.31. The Balaban J connectivity index is 1.88. The number of carbonyl (C=O) groups excluding carboxylic acids is 1. The standard InChI is InChI=1S/C24H28N4O3S/c1-4-17(5-2)26-24(29)22-20-13-7-15-6-8-16(25)14-21(15)23(20)28(27-22)18-9-11-19(12-10-18)32(3,30)31/h6,8-12,14,17H,4-5,7,13,25H2,1-3H3,(H,26,29). The average Bonchev–Trinajstić information content (AvgIpc) is 3.17. The van der Waals surface area contributed by atoms with Crippen LogP contribution in [0.15, 0.2) is 47.4 Å². The van der Waals surface area contributed by atoms with Crippen molar-refractivity contribution in [3.63, 3.8) is 0 Å². The molecule has 1 aliphatic rings. The molecule has 0 bridgehead atoms. The smallest absolute Gasteiger partial charge is 0.272 e. The summed E-state index contributed by atoms with van der Waals surface area (Å²) in [5.41, 5.74) is 11.6. The molecule has 0 aliphatic heterocycles. The van der Waals surface area contributed by atoms with E-state index in [1.807, 2.05) is 32.0 Å². The van der Waals surface area contributed by atoms with Gasteiger partial charge >= 0.3 is 0 Å². The lowest BCUT2D eigenvalue weighted by Crippen LogP contribution is -2.34. The van der Waals surface area contributed by atoms with E-state index in [-0.39, 0.29) is 16.8 Å². The molecule has 168 valence electrons. The van der Waals surface area contributed by atoms with Gasteiger partial charge in [-0.2, -0.15) is 5.10 Å². The predicted octanol–water partition coefficient (Wildman–Crippen LogP) is 3.54. The quantitative estimate of drug-likeness (QED) is 0.556. The highest BCUT2D eigenvalue weighted by Gasteiger charge is 2.29. The molecule has 7 nitrogen and oxygen atoms in total. The number of carbonyl (C=O) groups is 1. The number of benzene rings is 2. The molecule has 1 aliphatic carbocycles. The highest BCUT2D eigenvalue weighted by atomic mass is 32.2. The molecule has 0 radical (unpaired) electrons. The topological polar surface area (TPSA) is 107 Å². The van der Waals surface area contributed by atoms with Gasteiger partial charge in [-0.05, 0) is 67.6 Å². The summed E-state index contributed by atoms with van der Waals surface area (Å²) >= 11 is 0. The van der Waals surface area contributed by atoms with E-state index in [1.54, 1.807) is 28.9 Å². The largest absolute Gasteiger partial charge is 0.399 e. The first-order chi connectivity index (χ1) is 15.2. The van der Waals surface area contributed by atoms with Crippen molar-refractivity contribution in [3.05, 3.63) is 59.3 Å². The molecule has 4 rings (SSSR count). The van der Waals surface area contributed by atoms with Crippen LogP contribution in [0, 0.1) is 0 Å². The van der Waals surface area contributed by atoms with Crippen LogP contribution in [0.4, 0.5) is 5.69 Å². The van der Waals surface area contributed by atoms with E-state index in [2.05, 4.69) is 5.32 Å². The predicted molar refractivity (Wildman–Crippen MR) is 126 cm³/mol. The second-order valence-electron chi connectivity index (χ2n) is 8.26. The van der Waals surface area contributed by atoms with Gasteiger partial charge in [0.15, 0.2) is 15.5 Å². The van der Waals surface area contributed by atoms with Crippen molar-refractivity contribution in [2.45, 2.75) is 50.5 Å². The van der Waals surface area contributed by atoms with Crippen LogP contribution < -0.4 is 11.1 Å². The minimum atomic E-state index is -3.31. The molecule has 0 atom stereocenters. The maximum atomic E-state index is 13.2. The molecule has 3 aromatic rings. The second-order valence-corrected chi connectivity index (χ2v) is 10.3. The summed E-state index contributed by atoms with van der Waals surface area (Å²) in [5.74, 6) is -0.186. The lowest BCUT2D eigenvalue weighted by atomic mass is 9.88. The molecule has 0 fully saturated rings. The number of rotatable bonds is 6. The zero-order chi connectivity index (χ0) is 23.0. The van der Waals surface area contributed by atoms with Crippen molar-refractivity contribution < 1.29 is 13.2 Å². The number of aryl methyl sites for hydroxylation is 1. The highest BCUT2D eigenvalue weighted by molar-refractivity contribution is 7.90. The third-order valence-electron chi connectivity index (χ3n) is 6.06. The Morgan fingerprint density at radius 1 is 1.12 bits per heavy atom. The van der Waals surface area contributed by atoms with Crippen LogP contribution in [-0.2, 0) is 22.7 Å². The monoisotopic (exact) mass is 452 g/mol. The SMILES string of the molecule is CCC(CC)NC(=O)c1nn(-c2ccc(S(C)(=O)=O)cc2)c2c1CCc1ccc(N)cc1-2. The number of aromatic nitrogens is 2. The van der Waals surface area contributed by atoms with Gasteiger partial charge in [0.2, 0.25) is 0 Å². The molecule has 3 N–H and O–H groups in total. The van der Waals surface area contributed by atoms with Gasteiger partial charge in [0.25, 0.3) is 5.91 Å². The Labute approximate surface area is 188 Å². The molecule has 32 heavy (non-hydrogen) atoms. The molecule has 0 unspecified atom stereocenters. The lowest BCUT2D eigenvalue weighted by molar-refractivity contribution is 0.0928. The fraction of sp³-hybridized carbons (Fsp3) is 0.333. The van der Waals surface area contributed by atoms with E-state index in [4.69, 9.17) is 10.8 Å². The minimum Gasteiger partial charge on any atom is -0.399 e. The maximum Gasteiger partial charge on any atom is 0.272 e. The van der Waals surface area contributed by atoms with E-state index in [0.29, 0.717) is 23.5 Å². The third kappa shape index (κ3) is 4.02. The van der Waals surface area contributed by atoms with Crippen LogP contribution in [-0.4, -0.2) is 36.4 Å². The fourth-order valence-electron chi connectivity index (χ4n) is 4.21. The first-order valence-corrected chi connectivity index (χ1v) is 12.7. The van der Waals surface area contributed by atoms with Crippen LogP contribution >= 0.6 is 0 Å². The molecule has 1 heterocycles. The number of fused-ring (bicyclic) bond motifs is 3. The first kappa shape index (κ1) is 22.1. The van der Waals surface area contributed by atoms with Crippen molar-refractivity contribution in [1.82, 2.24) is 15.1 Å². The number of nitrogens with one attached hydrogen (secondary N) is 1. The van der Waals surface area contributed by atoms with Gasteiger partial charge in [-0.25, -0.2) is 13.1 Å². The number of amides is 1. The Kier molecular flexibility index (Phi) is 5.81. The normalized spacial score (nSPS) is 13.0. The number of hydrogen-bond acceptors (Lipinski definition) is 5. The van der Waals surface area contributed by atoms with Gasteiger partial charge < -0.3 is 11.1 Å². The molecule has 0 saturated carbocycles. The van der Waals surface area contributed by atoms with E-state index < -0.39 is 9.84 Å². The van der Waals surface area contributed by atoms with Crippen molar-refractivity contribution in [1.29, 1.82) is 0 Å². The van der Waals surface area contributed by atoms with Crippen molar-refractivity contribution in [2.75, 3.05) is 12.0 Å². The van der Waals surface area contributed by atoms with Crippen LogP contribution in [0.2, 0.25) is 0 Å². The van der Waals surface area contributed by atoms with Crippen LogP contribution in [0.3, 0.4) is 0 Å². The zero-order valence-corrected chi connectivity index (χ0v) is 19.4. The Bertz CT molecular complexity index is 1270. The zero-order valence-electron chi connectivity index (χ0n) is 18.6. The van der Waals surface area contributed by atoms with Gasteiger partial charge in [0.05, 0.1) is 16.3 Å². The number of hydrogen-bond donors (Lipinski definition) is 2. The molecule has 1 aromatic heterocycles. The van der Waals surface area contributed by atoms with Crippen LogP contribution in [0.1, 0.15) is 48.3 Å². The van der Waals surface area contributed by atoms with Crippen molar-refractivity contribution in [2.24, 2.45) is 0 Å².